The third-order valence-corrected chi connectivity index (χ3v) is 3.66. The number of aromatic nitrogens is 1. The summed E-state index contributed by atoms with van der Waals surface area (Å²) in [5, 5.41) is 0. The van der Waals surface area contributed by atoms with Crippen LogP contribution in [0.4, 0.5) is 0 Å². The molecule has 1 aliphatic carbocycles. The lowest BCUT2D eigenvalue weighted by Crippen LogP contribution is -2.05. The normalized spacial score (nSPS) is 21.6. The number of hydrogen-bond acceptors (Lipinski definition) is 2. The van der Waals surface area contributed by atoms with Gasteiger partial charge in [-0.25, -0.2) is 0 Å². The molecule has 18 heavy (non-hydrogen) atoms. The van der Waals surface area contributed by atoms with E-state index in [0.717, 1.165) is 17.5 Å². The van der Waals surface area contributed by atoms with E-state index in [1.54, 1.807) is 12.4 Å². The molecule has 0 N–H and O–H groups in total. The molecule has 0 aliphatic heterocycles. The molecule has 1 aliphatic rings. The standard InChI is InChI=1S/C16H15NO/c1-11-7-8-17-10-15(11)16(18)14-9-13(14)12-5-3-2-4-6-12/h2-8,10,13-14H,9H2,1H3. The molecule has 1 aromatic heterocycles. The van der Waals surface area contributed by atoms with Gasteiger partial charge in [0.25, 0.3) is 0 Å². The van der Waals surface area contributed by atoms with E-state index in [1.165, 1.54) is 5.56 Å². The Hall–Kier alpha value is -1.96. The van der Waals surface area contributed by atoms with E-state index in [-0.39, 0.29) is 11.7 Å². The second kappa shape index (κ2) is 4.37. The van der Waals surface area contributed by atoms with Crippen LogP contribution in [0.5, 0.6) is 0 Å². The molecule has 1 heterocycles. The maximum atomic E-state index is 12.4. The van der Waals surface area contributed by atoms with Gasteiger partial charge in [-0.05, 0) is 36.5 Å². The molecule has 2 atom stereocenters. The summed E-state index contributed by atoms with van der Waals surface area (Å²) >= 11 is 0. The third kappa shape index (κ3) is 1.94. The van der Waals surface area contributed by atoms with Gasteiger partial charge in [-0.3, -0.25) is 9.78 Å². The lowest BCUT2D eigenvalue weighted by atomic mass is 10.0. The molecule has 90 valence electrons. The highest BCUT2D eigenvalue weighted by Gasteiger charge is 2.44. The van der Waals surface area contributed by atoms with Crippen molar-refractivity contribution >= 4 is 5.78 Å². The molecule has 1 fully saturated rings. The molecule has 3 rings (SSSR count). The number of ketones is 1. The van der Waals surface area contributed by atoms with Gasteiger partial charge in [0.05, 0.1) is 0 Å². The first-order chi connectivity index (χ1) is 8.77. The second-order valence-electron chi connectivity index (χ2n) is 4.91. The summed E-state index contributed by atoms with van der Waals surface area (Å²) in [6, 6.07) is 12.2. The molecule has 0 amide bonds. The molecule has 0 saturated heterocycles. The predicted octanol–water partition coefficient (Wildman–Crippen LogP) is 3.38. The Labute approximate surface area is 107 Å². The average Bonchev–Trinajstić information content (AvgIpc) is 3.20. The number of Topliss-reactive ketones (excluding diaryl/α,β-unsaturated/α-hetero) is 1. The summed E-state index contributed by atoms with van der Waals surface area (Å²) in [7, 11) is 0. The number of nitrogens with zero attached hydrogens (tertiary/aromatic N) is 1. The molecular weight excluding hydrogens is 222 g/mol. The summed E-state index contributed by atoms with van der Waals surface area (Å²) in [4.78, 5) is 16.4. The summed E-state index contributed by atoms with van der Waals surface area (Å²) in [5.74, 6) is 0.794. The van der Waals surface area contributed by atoms with Crippen LogP contribution >= 0.6 is 0 Å². The third-order valence-electron chi connectivity index (χ3n) is 3.66. The van der Waals surface area contributed by atoms with Crippen molar-refractivity contribution in [2.24, 2.45) is 5.92 Å². The number of rotatable bonds is 3. The Balaban J connectivity index is 1.80. The monoisotopic (exact) mass is 237 g/mol. The SMILES string of the molecule is Cc1ccncc1C(=O)C1CC1c1ccccc1. The van der Waals surface area contributed by atoms with Crippen LogP contribution < -0.4 is 0 Å². The van der Waals surface area contributed by atoms with E-state index in [4.69, 9.17) is 0 Å². The zero-order valence-corrected chi connectivity index (χ0v) is 10.3. The minimum atomic E-state index is 0.148. The van der Waals surface area contributed by atoms with Crippen LogP contribution in [0.1, 0.15) is 33.8 Å². The summed E-state index contributed by atoms with van der Waals surface area (Å²) in [5.41, 5.74) is 3.08. The van der Waals surface area contributed by atoms with E-state index in [0.29, 0.717) is 5.92 Å². The van der Waals surface area contributed by atoms with Crippen molar-refractivity contribution in [3.8, 4) is 0 Å². The van der Waals surface area contributed by atoms with Crippen molar-refractivity contribution in [1.29, 1.82) is 0 Å². The fraction of sp³-hybridized carbons (Fsp3) is 0.250. The van der Waals surface area contributed by atoms with Gasteiger partial charge in [0.2, 0.25) is 0 Å². The first-order valence-corrected chi connectivity index (χ1v) is 6.27. The van der Waals surface area contributed by atoms with Crippen molar-refractivity contribution < 1.29 is 4.79 Å². The van der Waals surface area contributed by atoms with Crippen LogP contribution in [0.2, 0.25) is 0 Å². The first kappa shape index (κ1) is 11.1. The van der Waals surface area contributed by atoms with Gasteiger partial charge >= 0.3 is 0 Å². The van der Waals surface area contributed by atoms with Gasteiger partial charge in [-0.2, -0.15) is 0 Å². The molecule has 2 aromatic rings. The average molecular weight is 237 g/mol. The zero-order chi connectivity index (χ0) is 12.5. The summed E-state index contributed by atoms with van der Waals surface area (Å²) in [6.07, 6.45) is 4.39. The molecule has 2 heteroatoms. The maximum absolute atomic E-state index is 12.4. The predicted molar refractivity (Wildman–Crippen MR) is 70.6 cm³/mol. The summed E-state index contributed by atoms with van der Waals surface area (Å²) in [6.45, 7) is 1.97. The van der Waals surface area contributed by atoms with Gasteiger partial charge in [0.1, 0.15) is 0 Å². The van der Waals surface area contributed by atoms with Gasteiger partial charge in [-0.1, -0.05) is 30.3 Å². The molecule has 2 unspecified atom stereocenters. The quantitative estimate of drug-likeness (QED) is 0.766. The van der Waals surface area contributed by atoms with Crippen molar-refractivity contribution in [1.82, 2.24) is 4.98 Å². The molecule has 0 bridgehead atoms. The fourth-order valence-corrected chi connectivity index (χ4v) is 2.48. The molecular formula is C16H15NO. The largest absolute Gasteiger partial charge is 0.294 e. The molecule has 2 nitrogen and oxygen atoms in total. The van der Waals surface area contributed by atoms with Crippen LogP contribution in [-0.2, 0) is 0 Å². The van der Waals surface area contributed by atoms with Crippen LogP contribution in [0.3, 0.4) is 0 Å². The molecule has 1 saturated carbocycles. The summed E-state index contributed by atoms with van der Waals surface area (Å²) < 4.78 is 0. The van der Waals surface area contributed by atoms with Crippen molar-refractivity contribution in [3.05, 3.63) is 65.5 Å². The number of pyridine rings is 1. The smallest absolute Gasteiger partial charge is 0.168 e. The first-order valence-electron chi connectivity index (χ1n) is 6.27. The molecule has 0 radical (unpaired) electrons. The Bertz CT molecular complexity index is 577. The van der Waals surface area contributed by atoms with Crippen molar-refractivity contribution in [2.45, 2.75) is 19.3 Å². The number of benzene rings is 1. The number of carbonyl (C=O) groups is 1. The highest BCUT2D eigenvalue weighted by Crippen LogP contribution is 2.49. The highest BCUT2D eigenvalue weighted by atomic mass is 16.1. The van der Waals surface area contributed by atoms with Crippen LogP contribution in [-0.4, -0.2) is 10.8 Å². The lowest BCUT2D eigenvalue weighted by molar-refractivity contribution is 0.0964. The van der Waals surface area contributed by atoms with E-state index >= 15 is 0 Å². The van der Waals surface area contributed by atoms with Crippen molar-refractivity contribution in [3.63, 3.8) is 0 Å². The van der Waals surface area contributed by atoms with E-state index in [9.17, 15) is 4.79 Å². The zero-order valence-electron chi connectivity index (χ0n) is 10.3. The van der Waals surface area contributed by atoms with E-state index in [1.807, 2.05) is 31.2 Å². The fourth-order valence-electron chi connectivity index (χ4n) is 2.48. The Kier molecular flexibility index (Phi) is 2.71. The van der Waals surface area contributed by atoms with Gasteiger partial charge < -0.3 is 0 Å². The Morgan fingerprint density at radius 2 is 2.00 bits per heavy atom. The van der Waals surface area contributed by atoms with Crippen molar-refractivity contribution in [2.75, 3.05) is 0 Å². The van der Waals surface area contributed by atoms with Crippen LogP contribution in [0.15, 0.2) is 48.8 Å². The maximum Gasteiger partial charge on any atom is 0.168 e. The van der Waals surface area contributed by atoms with Gasteiger partial charge in [-0.15, -0.1) is 0 Å². The minimum absolute atomic E-state index is 0.148. The van der Waals surface area contributed by atoms with Crippen LogP contribution in [0.25, 0.3) is 0 Å². The van der Waals surface area contributed by atoms with E-state index in [2.05, 4.69) is 17.1 Å². The van der Waals surface area contributed by atoms with E-state index < -0.39 is 0 Å². The lowest BCUT2D eigenvalue weighted by Gasteiger charge is -2.03. The number of hydrogen-bond donors (Lipinski definition) is 0. The molecule has 1 aromatic carbocycles. The Morgan fingerprint density at radius 1 is 1.22 bits per heavy atom. The number of aryl methyl sites for hydroxylation is 1. The second-order valence-corrected chi connectivity index (χ2v) is 4.91. The Morgan fingerprint density at radius 3 is 2.72 bits per heavy atom. The minimum Gasteiger partial charge on any atom is -0.294 e. The van der Waals surface area contributed by atoms with Gasteiger partial charge in [0.15, 0.2) is 5.78 Å². The van der Waals surface area contributed by atoms with Gasteiger partial charge in [0, 0.05) is 23.9 Å². The number of carbonyl (C=O) groups excluding carboxylic acids is 1. The topological polar surface area (TPSA) is 30.0 Å². The van der Waals surface area contributed by atoms with Crippen LogP contribution in [0, 0.1) is 12.8 Å². The highest BCUT2D eigenvalue weighted by molar-refractivity contribution is 6.01. The molecule has 0 spiro atoms.